The zero-order valence-electron chi connectivity index (χ0n) is 10.9. The van der Waals surface area contributed by atoms with Crippen molar-refractivity contribution in [1.29, 1.82) is 0 Å². The smallest absolute Gasteiger partial charge is 0.240 e. The molecule has 1 saturated carbocycles. The maximum atomic E-state index is 12.0. The molecule has 0 aliphatic heterocycles. The predicted octanol–water partition coefficient (Wildman–Crippen LogP) is 2.20. The van der Waals surface area contributed by atoms with Crippen LogP contribution in [0.3, 0.4) is 0 Å². The molecule has 0 aromatic heterocycles. The van der Waals surface area contributed by atoms with E-state index in [4.69, 9.17) is 5.73 Å². The largest absolute Gasteiger partial charge is 0.352 e. The topological polar surface area (TPSA) is 55.1 Å². The Bertz CT molecular complexity index is 238. The molecule has 0 saturated heterocycles. The summed E-state index contributed by atoms with van der Waals surface area (Å²) in [5.41, 5.74) is 5.31. The number of amides is 1. The lowest BCUT2D eigenvalue weighted by atomic mass is 9.86. The highest BCUT2D eigenvalue weighted by atomic mass is 16.2. The molecule has 3 nitrogen and oxygen atoms in total. The van der Waals surface area contributed by atoms with Gasteiger partial charge in [0, 0.05) is 6.04 Å². The highest BCUT2D eigenvalue weighted by Gasteiger charge is 2.30. The van der Waals surface area contributed by atoms with E-state index in [1.54, 1.807) is 0 Å². The Balaban J connectivity index is 2.44. The summed E-state index contributed by atoms with van der Waals surface area (Å²) in [5.74, 6) is 0.753. The van der Waals surface area contributed by atoms with Crippen molar-refractivity contribution in [3.63, 3.8) is 0 Å². The highest BCUT2D eigenvalue weighted by molar-refractivity contribution is 5.85. The third-order valence-electron chi connectivity index (χ3n) is 3.56. The van der Waals surface area contributed by atoms with Gasteiger partial charge in [0.25, 0.3) is 0 Å². The molecule has 16 heavy (non-hydrogen) atoms. The summed E-state index contributed by atoms with van der Waals surface area (Å²) in [4.78, 5) is 12.0. The predicted molar refractivity (Wildman–Crippen MR) is 67.1 cm³/mol. The lowest BCUT2D eigenvalue weighted by molar-refractivity contribution is -0.127. The molecule has 0 bridgehead atoms. The van der Waals surface area contributed by atoms with Gasteiger partial charge < -0.3 is 11.1 Å². The fourth-order valence-electron chi connectivity index (χ4n) is 2.55. The molecule has 1 rings (SSSR count). The van der Waals surface area contributed by atoms with E-state index in [1.165, 1.54) is 12.8 Å². The van der Waals surface area contributed by atoms with Crippen LogP contribution in [-0.2, 0) is 4.79 Å². The van der Waals surface area contributed by atoms with E-state index in [0.29, 0.717) is 6.04 Å². The van der Waals surface area contributed by atoms with Crippen LogP contribution in [0.25, 0.3) is 0 Å². The molecule has 1 fully saturated rings. The van der Waals surface area contributed by atoms with Gasteiger partial charge in [-0.2, -0.15) is 0 Å². The summed E-state index contributed by atoms with van der Waals surface area (Å²) in [6.07, 6.45) is 6.43. The molecule has 3 atom stereocenters. The number of rotatable bonds is 4. The van der Waals surface area contributed by atoms with Gasteiger partial charge in [-0.15, -0.1) is 0 Å². The van der Waals surface area contributed by atoms with Crippen LogP contribution >= 0.6 is 0 Å². The molecule has 94 valence electrons. The first kappa shape index (κ1) is 13.5. The van der Waals surface area contributed by atoms with E-state index in [2.05, 4.69) is 19.2 Å². The quantitative estimate of drug-likeness (QED) is 0.772. The van der Waals surface area contributed by atoms with Gasteiger partial charge in [0.15, 0.2) is 0 Å². The standard InChI is InChI=1S/C13H26N2O/c1-4-8-13(3,14)12(16)15-11-7-5-6-10(2)9-11/h10-11H,4-9,14H2,1-3H3,(H,15,16). The molecule has 3 heteroatoms. The van der Waals surface area contributed by atoms with Crippen molar-refractivity contribution in [2.45, 2.75) is 70.9 Å². The zero-order valence-corrected chi connectivity index (χ0v) is 10.9. The Hall–Kier alpha value is -0.570. The number of nitrogens with two attached hydrogens (primary N) is 1. The minimum atomic E-state index is -0.699. The number of hydrogen-bond donors (Lipinski definition) is 2. The average Bonchev–Trinajstić information content (AvgIpc) is 2.17. The Morgan fingerprint density at radius 1 is 1.50 bits per heavy atom. The number of nitrogens with one attached hydrogen (secondary N) is 1. The van der Waals surface area contributed by atoms with Gasteiger partial charge in [-0.1, -0.05) is 33.1 Å². The van der Waals surface area contributed by atoms with Crippen LogP contribution in [0.15, 0.2) is 0 Å². The van der Waals surface area contributed by atoms with Crippen molar-refractivity contribution in [2.75, 3.05) is 0 Å². The second-order valence-electron chi connectivity index (χ2n) is 5.61. The van der Waals surface area contributed by atoms with E-state index >= 15 is 0 Å². The minimum absolute atomic E-state index is 0.0217. The third kappa shape index (κ3) is 3.78. The summed E-state index contributed by atoms with van der Waals surface area (Å²) in [5, 5.41) is 3.11. The summed E-state index contributed by atoms with van der Waals surface area (Å²) < 4.78 is 0. The lowest BCUT2D eigenvalue weighted by Gasteiger charge is -2.31. The third-order valence-corrected chi connectivity index (χ3v) is 3.56. The summed E-state index contributed by atoms with van der Waals surface area (Å²) in [6, 6.07) is 0.344. The summed E-state index contributed by atoms with van der Waals surface area (Å²) >= 11 is 0. The number of hydrogen-bond acceptors (Lipinski definition) is 2. The summed E-state index contributed by atoms with van der Waals surface area (Å²) in [7, 11) is 0. The van der Waals surface area contributed by atoms with Gasteiger partial charge in [-0.25, -0.2) is 0 Å². The first-order valence-corrected chi connectivity index (χ1v) is 6.55. The molecule has 0 radical (unpaired) electrons. The molecule has 1 aliphatic rings. The van der Waals surface area contributed by atoms with E-state index in [9.17, 15) is 4.79 Å². The second kappa shape index (κ2) is 5.67. The average molecular weight is 226 g/mol. The van der Waals surface area contributed by atoms with Crippen molar-refractivity contribution in [3.05, 3.63) is 0 Å². The van der Waals surface area contributed by atoms with E-state index in [-0.39, 0.29) is 5.91 Å². The number of carbonyl (C=O) groups is 1. The van der Waals surface area contributed by atoms with Gasteiger partial charge in [-0.05, 0) is 32.1 Å². The summed E-state index contributed by atoms with van der Waals surface area (Å²) in [6.45, 7) is 6.14. The van der Waals surface area contributed by atoms with Crippen LogP contribution in [0.4, 0.5) is 0 Å². The van der Waals surface area contributed by atoms with Gasteiger partial charge in [-0.3, -0.25) is 4.79 Å². The van der Waals surface area contributed by atoms with E-state index < -0.39 is 5.54 Å². The molecule has 0 heterocycles. The van der Waals surface area contributed by atoms with E-state index in [1.807, 2.05) is 6.92 Å². The lowest BCUT2D eigenvalue weighted by Crippen LogP contribution is -2.54. The van der Waals surface area contributed by atoms with Crippen LogP contribution in [0.2, 0.25) is 0 Å². The van der Waals surface area contributed by atoms with Crippen LogP contribution in [0.1, 0.15) is 59.3 Å². The molecule has 3 unspecified atom stereocenters. The van der Waals surface area contributed by atoms with Crippen molar-refractivity contribution in [2.24, 2.45) is 11.7 Å². The maximum absolute atomic E-state index is 12.0. The van der Waals surface area contributed by atoms with Crippen molar-refractivity contribution >= 4 is 5.91 Å². The Labute approximate surface area is 99.2 Å². The van der Waals surface area contributed by atoms with E-state index in [0.717, 1.165) is 31.6 Å². The Morgan fingerprint density at radius 3 is 2.75 bits per heavy atom. The van der Waals surface area contributed by atoms with Crippen LogP contribution in [-0.4, -0.2) is 17.5 Å². The fourth-order valence-corrected chi connectivity index (χ4v) is 2.55. The Kier molecular flexibility index (Phi) is 4.78. The first-order chi connectivity index (χ1) is 7.45. The van der Waals surface area contributed by atoms with Crippen LogP contribution in [0.5, 0.6) is 0 Å². The zero-order chi connectivity index (χ0) is 12.2. The molecule has 3 N–H and O–H groups in total. The monoisotopic (exact) mass is 226 g/mol. The molecule has 1 aliphatic carbocycles. The Morgan fingerprint density at radius 2 is 2.19 bits per heavy atom. The minimum Gasteiger partial charge on any atom is -0.352 e. The molecule has 0 spiro atoms. The molecular formula is C13H26N2O. The molecular weight excluding hydrogens is 200 g/mol. The van der Waals surface area contributed by atoms with Crippen LogP contribution < -0.4 is 11.1 Å². The van der Waals surface area contributed by atoms with Gasteiger partial charge in [0.05, 0.1) is 5.54 Å². The first-order valence-electron chi connectivity index (χ1n) is 6.55. The van der Waals surface area contributed by atoms with Crippen molar-refractivity contribution in [1.82, 2.24) is 5.32 Å². The molecule has 1 amide bonds. The van der Waals surface area contributed by atoms with Crippen molar-refractivity contribution < 1.29 is 4.79 Å². The highest BCUT2D eigenvalue weighted by Crippen LogP contribution is 2.24. The number of carbonyl (C=O) groups excluding carboxylic acids is 1. The van der Waals surface area contributed by atoms with Crippen molar-refractivity contribution in [3.8, 4) is 0 Å². The maximum Gasteiger partial charge on any atom is 0.240 e. The molecule has 0 aromatic carbocycles. The van der Waals surface area contributed by atoms with Gasteiger partial charge in [0.1, 0.15) is 0 Å². The normalized spacial score (nSPS) is 29.5. The fraction of sp³-hybridized carbons (Fsp3) is 0.923. The second-order valence-corrected chi connectivity index (χ2v) is 5.61. The van der Waals surface area contributed by atoms with Crippen LogP contribution in [0, 0.1) is 5.92 Å². The SMILES string of the molecule is CCCC(C)(N)C(=O)NC1CCCC(C)C1. The molecule has 0 aromatic rings. The van der Waals surface area contributed by atoms with Gasteiger partial charge in [0.2, 0.25) is 5.91 Å². The van der Waals surface area contributed by atoms with Gasteiger partial charge >= 0.3 is 0 Å².